The lowest BCUT2D eigenvalue weighted by Gasteiger charge is -2.25. The molecule has 4 atom stereocenters. The standard InChI is InChI=1S/C31H40N6O8/c32-14-4-3-6-22(33)28(41)36-25(15-18-8-10-20(38)11-9-18)30(43)35-24(12-13-27(39)40)29(42)37-26(31(44)45)16-19-17-34-23-7-2-1-5-21(19)23/h1-2,5,7-11,17,22,24-26,34,38H,3-4,6,12-16,32-33H2,(H,35,43)(H,36,41)(H,37,42)(H,39,40)(H,44,45). The predicted octanol–water partition coefficient (Wildman–Crippen LogP) is 0.519. The van der Waals surface area contributed by atoms with Crippen molar-refractivity contribution in [3.8, 4) is 5.75 Å². The normalized spacial score (nSPS) is 13.7. The number of amides is 3. The van der Waals surface area contributed by atoms with E-state index in [1.165, 1.54) is 12.1 Å². The number of carboxylic acid groups (broad SMARTS) is 2. The number of fused-ring (bicyclic) bond motifs is 1. The number of aromatic nitrogens is 1. The molecule has 0 saturated heterocycles. The average Bonchev–Trinajstić information content (AvgIpc) is 3.41. The molecule has 1 aromatic heterocycles. The van der Waals surface area contributed by atoms with E-state index in [0.717, 1.165) is 10.9 Å². The number of phenols is 1. The van der Waals surface area contributed by atoms with Crippen LogP contribution in [0.4, 0.5) is 0 Å². The highest BCUT2D eigenvalue weighted by Gasteiger charge is 2.31. The Morgan fingerprint density at radius 3 is 2.09 bits per heavy atom. The SMILES string of the molecule is NCCCCC(N)C(=O)NC(Cc1ccc(O)cc1)C(=O)NC(CCC(=O)O)C(=O)NC(Cc1c[nH]c2ccccc12)C(=O)O. The molecule has 0 fully saturated rings. The first kappa shape index (κ1) is 34.5. The highest BCUT2D eigenvalue weighted by atomic mass is 16.4. The van der Waals surface area contributed by atoms with E-state index in [2.05, 4.69) is 20.9 Å². The first-order chi connectivity index (χ1) is 21.5. The number of aliphatic carboxylic acids is 2. The van der Waals surface area contributed by atoms with E-state index >= 15 is 0 Å². The van der Waals surface area contributed by atoms with Crippen LogP contribution in [0.5, 0.6) is 5.75 Å². The highest BCUT2D eigenvalue weighted by Crippen LogP contribution is 2.19. The van der Waals surface area contributed by atoms with Gasteiger partial charge in [0.2, 0.25) is 17.7 Å². The zero-order valence-electron chi connectivity index (χ0n) is 24.7. The minimum Gasteiger partial charge on any atom is -0.508 e. The molecule has 0 aliphatic carbocycles. The van der Waals surface area contributed by atoms with Crippen LogP contribution in [0, 0.1) is 0 Å². The lowest BCUT2D eigenvalue weighted by Crippen LogP contribution is -2.57. The molecule has 11 N–H and O–H groups in total. The van der Waals surface area contributed by atoms with Gasteiger partial charge in [-0.25, -0.2) is 4.79 Å². The zero-order chi connectivity index (χ0) is 32.9. The molecule has 3 amide bonds. The summed E-state index contributed by atoms with van der Waals surface area (Å²) >= 11 is 0. The van der Waals surface area contributed by atoms with Crippen molar-refractivity contribution in [2.75, 3.05) is 6.54 Å². The summed E-state index contributed by atoms with van der Waals surface area (Å²) in [6.07, 6.45) is 2.27. The molecule has 242 valence electrons. The number of benzene rings is 2. The van der Waals surface area contributed by atoms with E-state index in [1.54, 1.807) is 24.4 Å². The van der Waals surface area contributed by atoms with Gasteiger partial charge < -0.3 is 47.7 Å². The molecule has 0 spiro atoms. The van der Waals surface area contributed by atoms with Gasteiger partial charge in [-0.1, -0.05) is 36.8 Å². The number of aromatic hydroxyl groups is 1. The third-order valence-corrected chi connectivity index (χ3v) is 7.31. The molecule has 14 nitrogen and oxygen atoms in total. The molecule has 0 aliphatic rings. The first-order valence-electron chi connectivity index (χ1n) is 14.6. The van der Waals surface area contributed by atoms with Gasteiger partial charge in [-0.15, -0.1) is 0 Å². The second kappa shape index (κ2) is 16.8. The van der Waals surface area contributed by atoms with E-state index in [1.807, 2.05) is 18.2 Å². The number of hydrogen-bond acceptors (Lipinski definition) is 8. The van der Waals surface area contributed by atoms with Crippen molar-refractivity contribution in [2.45, 2.75) is 69.1 Å². The van der Waals surface area contributed by atoms with Crippen molar-refractivity contribution in [1.29, 1.82) is 0 Å². The number of para-hydroxylation sites is 1. The third-order valence-electron chi connectivity index (χ3n) is 7.31. The van der Waals surface area contributed by atoms with Gasteiger partial charge in [0.15, 0.2) is 0 Å². The summed E-state index contributed by atoms with van der Waals surface area (Å²) in [5.41, 5.74) is 13.5. The second-order valence-electron chi connectivity index (χ2n) is 10.8. The molecular formula is C31H40N6O8. The molecule has 3 aromatic rings. The summed E-state index contributed by atoms with van der Waals surface area (Å²) in [5, 5.41) is 37.1. The van der Waals surface area contributed by atoms with Gasteiger partial charge in [-0.2, -0.15) is 0 Å². The number of rotatable bonds is 18. The summed E-state index contributed by atoms with van der Waals surface area (Å²) in [4.78, 5) is 66.3. The number of aromatic amines is 1. The minimum atomic E-state index is -1.43. The van der Waals surface area contributed by atoms with E-state index < -0.39 is 60.2 Å². The maximum atomic E-state index is 13.5. The van der Waals surface area contributed by atoms with E-state index in [9.17, 15) is 39.3 Å². The fraction of sp³-hybridized carbons (Fsp3) is 0.387. The lowest BCUT2D eigenvalue weighted by molar-refractivity contribution is -0.143. The number of unbranched alkanes of at least 4 members (excludes halogenated alkanes) is 1. The van der Waals surface area contributed by atoms with Gasteiger partial charge in [0.25, 0.3) is 0 Å². The Kier molecular flexibility index (Phi) is 12.9. The molecule has 1 heterocycles. The number of phenolic OH excluding ortho intramolecular Hbond substituents is 1. The molecule has 4 unspecified atom stereocenters. The van der Waals surface area contributed by atoms with Crippen molar-refractivity contribution < 1.29 is 39.3 Å². The fourth-order valence-electron chi connectivity index (χ4n) is 4.80. The minimum absolute atomic E-state index is 0.00302. The third kappa shape index (κ3) is 10.6. The van der Waals surface area contributed by atoms with Crippen LogP contribution in [0.2, 0.25) is 0 Å². The maximum Gasteiger partial charge on any atom is 0.326 e. The van der Waals surface area contributed by atoms with Crippen LogP contribution >= 0.6 is 0 Å². The van der Waals surface area contributed by atoms with Crippen molar-refractivity contribution in [3.05, 3.63) is 65.9 Å². The number of carboxylic acids is 2. The van der Waals surface area contributed by atoms with E-state index in [4.69, 9.17) is 11.5 Å². The summed E-state index contributed by atoms with van der Waals surface area (Å²) in [6.45, 7) is 0.435. The predicted molar refractivity (Wildman–Crippen MR) is 165 cm³/mol. The summed E-state index contributed by atoms with van der Waals surface area (Å²) in [5.74, 6) is -4.87. The quantitative estimate of drug-likeness (QED) is 0.0887. The number of nitrogens with two attached hydrogens (primary N) is 2. The number of nitrogens with one attached hydrogen (secondary N) is 4. The van der Waals surface area contributed by atoms with Gasteiger partial charge in [-0.3, -0.25) is 19.2 Å². The van der Waals surface area contributed by atoms with Gasteiger partial charge >= 0.3 is 11.9 Å². The second-order valence-corrected chi connectivity index (χ2v) is 10.8. The van der Waals surface area contributed by atoms with Crippen LogP contribution in [-0.2, 0) is 36.8 Å². The Hall–Kier alpha value is -4.95. The van der Waals surface area contributed by atoms with E-state index in [0.29, 0.717) is 36.9 Å². The summed E-state index contributed by atoms with van der Waals surface area (Å²) in [7, 11) is 0. The Morgan fingerprint density at radius 2 is 1.42 bits per heavy atom. The average molecular weight is 625 g/mol. The molecule has 0 aliphatic heterocycles. The Balaban J connectivity index is 1.79. The molecule has 0 saturated carbocycles. The van der Waals surface area contributed by atoms with Crippen molar-refractivity contribution in [1.82, 2.24) is 20.9 Å². The molecule has 0 radical (unpaired) electrons. The smallest absolute Gasteiger partial charge is 0.326 e. The molecule has 0 bridgehead atoms. The van der Waals surface area contributed by atoms with Crippen LogP contribution in [0.1, 0.15) is 43.2 Å². The lowest BCUT2D eigenvalue weighted by atomic mass is 10.0. The summed E-state index contributed by atoms with van der Waals surface area (Å²) < 4.78 is 0. The Labute approximate surface area is 259 Å². The topological polar surface area (TPSA) is 250 Å². The fourth-order valence-corrected chi connectivity index (χ4v) is 4.80. The number of hydrogen-bond donors (Lipinski definition) is 9. The Morgan fingerprint density at radius 1 is 0.778 bits per heavy atom. The monoisotopic (exact) mass is 624 g/mol. The van der Waals surface area contributed by atoms with Crippen molar-refractivity contribution >= 4 is 40.6 Å². The first-order valence-corrected chi connectivity index (χ1v) is 14.6. The van der Waals surface area contributed by atoms with Crippen LogP contribution in [0.15, 0.2) is 54.7 Å². The largest absolute Gasteiger partial charge is 0.508 e. The summed E-state index contributed by atoms with van der Waals surface area (Å²) in [6, 6.07) is 8.20. The molecule has 14 heteroatoms. The molecule has 3 rings (SSSR count). The van der Waals surface area contributed by atoms with Crippen LogP contribution < -0.4 is 27.4 Å². The number of carbonyl (C=O) groups excluding carboxylic acids is 3. The zero-order valence-corrected chi connectivity index (χ0v) is 24.7. The van der Waals surface area contributed by atoms with Gasteiger partial charge in [0, 0.05) is 36.4 Å². The number of H-pyrrole nitrogens is 1. The van der Waals surface area contributed by atoms with Crippen LogP contribution in [-0.4, -0.2) is 80.7 Å². The number of carbonyl (C=O) groups is 5. The van der Waals surface area contributed by atoms with Gasteiger partial charge in [0.1, 0.15) is 23.9 Å². The van der Waals surface area contributed by atoms with Crippen LogP contribution in [0.3, 0.4) is 0 Å². The Bertz CT molecular complexity index is 1470. The maximum absolute atomic E-state index is 13.5. The van der Waals surface area contributed by atoms with Crippen molar-refractivity contribution in [3.63, 3.8) is 0 Å². The van der Waals surface area contributed by atoms with Crippen LogP contribution in [0.25, 0.3) is 10.9 Å². The highest BCUT2D eigenvalue weighted by molar-refractivity contribution is 5.94. The molecule has 2 aromatic carbocycles. The van der Waals surface area contributed by atoms with E-state index in [-0.39, 0.29) is 25.0 Å². The van der Waals surface area contributed by atoms with Gasteiger partial charge in [0.05, 0.1) is 6.04 Å². The van der Waals surface area contributed by atoms with Crippen molar-refractivity contribution in [2.24, 2.45) is 11.5 Å². The molecular weight excluding hydrogens is 584 g/mol. The van der Waals surface area contributed by atoms with Gasteiger partial charge in [-0.05, 0) is 55.1 Å². The molecule has 45 heavy (non-hydrogen) atoms.